The van der Waals surface area contributed by atoms with Gasteiger partial charge in [-0.05, 0) is 54.2 Å². The molecule has 0 fully saturated rings. The molecule has 0 saturated heterocycles. The molecule has 1 N–H and O–H groups in total. The minimum absolute atomic E-state index is 0.000373. The Morgan fingerprint density at radius 2 is 1.83 bits per heavy atom. The summed E-state index contributed by atoms with van der Waals surface area (Å²) in [5, 5.41) is 4.99. The summed E-state index contributed by atoms with van der Waals surface area (Å²) in [6.45, 7) is 15.8. The molecule has 0 aliphatic rings. The van der Waals surface area contributed by atoms with Crippen molar-refractivity contribution in [3.05, 3.63) is 58.7 Å². The van der Waals surface area contributed by atoms with Crippen molar-refractivity contribution >= 4 is 13.9 Å². The molecule has 0 bridgehead atoms. The van der Waals surface area contributed by atoms with Crippen molar-refractivity contribution in [2.24, 2.45) is 0 Å². The second kappa shape index (κ2) is 11.8. The molecule has 0 aliphatic carbocycles. The van der Waals surface area contributed by atoms with E-state index in [2.05, 4.69) is 83.3 Å². The predicted octanol–water partition coefficient (Wildman–Crippen LogP) is 6.23. The summed E-state index contributed by atoms with van der Waals surface area (Å²) >= 11 is 0. The van der Waals surface area contributed by atoms with E-state index >= 15 is 0 Å². The van der Waals surface area contributed by atoms with E-state index in [1.54, 1.807) is 7.11 Å². The van der Waals surface area contributed by atoms with Crippen LogP contribution in [0.4, 0.5) is 0 Å². The molecule has 4 heteroatoms. The van der Waals surface area contributed by atoms with E-state index in [4.69, 9.17) is 9.47 Å². The Kier molecular flexibility index (Phi) is 9.81. The van der Waals surface area contributed by atoms with Crippen molar-refractivity contribution in [1.82, 2.24) is 5.32 Å². The normalized spacial score (nSPS) is 14.8. The van der Waals surface area contributed by atoms with Crippen molar-refractivity contribution in [2.45, 2.75) is 72.0 Å². The van der Waals surface area contributed by atoms with Crippen LogP contribution in [-0.2, 0) is 16.4 Å². The Balaban J connectivity index is 2.55. The van der Waals surface area contributed by atoms with Gasteiger partial charge in [-0.1, -0.05) is 79.6 Å². The van der Waals surface area contributed by atoms with Gasteiger partial charge in [0.25, 0.3) is 0 Å². The van der Waals surface area contributed by atoms with Crippen LogP contribution in [0.25, 0.3) is 0 Å². The van der Waals surface area contributed by atoms with E-state index in [-0.39, 0.29) is 11.9 Å². The van der Waals surface area contributed by atoms with Crippen LogP contribution >= 0.6 is 8.58 Å². The van der Waals surface area contributed by atoms with Crippen LogP contribution in [0.15, 0.2) is 36.4 Å². The SMILES string of the molecule is CCNCc1cccc(C)c1PC(C)(CC)c1cccc(C(C)CC)c1OCOC. The van der Waals surface area contributed by atoms with E-state index in [1.807, 2.05) is 0 Å². The van der Waals surface area contributed by atoms with E-state index < -0.39 is 0 Å². The van der Waals surface area contributed by atoms with E-state index in [0.717, 1.165) is 31.7 Å². The molecule has 30 heavy (non-hydrogen) atoms. The Morgan fingerprint density at radius 1 is 1.10 bits per heavy atom. The zero-order valence-corrected chi connectivity index (χ0v) is 20.9. The standard InChI is InChI=1S/C26H40NO2P/c1-8-19(4)22-15-12-16-23(24(22)29-18-28-7)26(6,9-2)30-25-20(5)13-11-14-21(25)17-27-10-3/h11-16,19,27,30H,8-10,17-18H2,1-7H3. The molecule has 0 heterocycles. The summed E-state index contributed by atoms with van der Waals surface area (Å²) in [6.07, 6.45) is 2.14. The lowest BCUT2D eigenvalue weighted by Crippen LogP contribution is -2.25. The summed E-state index contributed by atoms with van der Waals surface area (Å²) in [5.41, 5.74) is 5.37. The highest BCUT2D eigenvalue weighted by molar-refractivity contribution is 7.48. The lowest BCUT2D eigenvalue weighted by atomic mass is 9.89. The Hall–Kier alpha value is -1.41. The van der Waals surface area contributed by atoms with Crippen LogP contribution in [0.2, 0.25) is 0 Å². The quantitative estimate of drug-likeness (QED) is 0.320. The topological polar surface area (TPSA) is 30.5 Å². The summed E-state index contributed by atoms with van der Waals surface area (Å²) in [5.74, 6) is 1.47. The van der Waals surface area contributed by atoms with Gasteiger partial charge >= 0.3 is 0 Å². The number of nitrogens with one attached hydrogen (secondary N) is 1. The number of para-hydroxylation sites is 1. The highest BCUT2D eigenvalue weighted by atomic mass is 31.1. The minimum atomic E-state index is -0.000373. The number of methoxy groups -OCH3 is 1. The Labute approximate surface area is 185 Å². The Morgan fingerprint density at radius 3 is 2.47 bits per heavy atom. The zero-order chi connectivity index (χ0) is 22.1. The van der Waals surface area contributed by atoms with Crippen LogP contribution in [0.5, 0.6) is 5.75 Å². The van der Waals surface area contributed by atoms with Crippen LogP contribution < -0.4 is 15.4 Å². The second-order valence-electron chi connectivity index (χ2n) is 8.28. The number of rotatable bonds is 12. The zero-order valence-electron chi connectivity index (χ0n) is 19.9. The van der Waals surface area contributed by atoms with Crippen LogP contribution in [-0.4, -0.2) is 20.4 Å². The number of hydrogen-bond acceptors (Lipinski definition) is 3. The number of benzene rings is 2. The molecule has 0 aromatic heterocycles. The lowest BCUT2D eigenvalue weighted by molar-refractivity contribution is 0.0491. The van der Waals surface area contributed by atoms with E-state index in [9.17, 15) is 0 Å². The molecular formula is C26H40NO2P. The molecule has 0 saturated carbocycles. The second-order valence-corrected chi connectivity index (χ2v) is 10.1. The number of hydrogen-bond donors (Lipinski definition) is 1. The average molecular weight is 430 g/mol. The van der Waals surface area contributed by atoms with Gasteiger partial charge in [-0.15, -0.1) is 0 Å². The van der Waals surface area contributed by atoms with Gasteiger partial charge in [-0.3, -0.25) is 0 Å². The maximum absolute atomic E-state index is 6.22. The van der Waals surface area contributed by atoms with E-state index in [0.29, 0.717) is 14.5 Å². The number of ether oxygens (including phenoxy) is 2. The van der Waals surface area contributed by atoms with Gasteiger partial charge in [0.2, 0.25) is 0 Å². The van der Waals surface area contributed by atoms with Gasteiger partial charge < -0.3 is 14.8 Å². The van der Waals surface area contributed by atoms with Gasteiger partial charge in [0.05, 0.1) is 0 Å². The molecule has 0 spiro atoms. The fourth-order valence-electron chi connectivity index (χ4n) is 3.81. The first kappa shape index (κ1) is 24.9. The summed E-state index contributed by atoms with van der Waals surface area (Å²) in [6, 6.07) is 13.4. The lowest BCUT2D eigenvalue weighted by Gasteiger charge is -2.34. The first-order chi connectivity index (χ1) is 14.4. The first-order valence-electron chi connectivity index (χ1n) is 11.2. The smallest absolute Gasteiger partial charge is 0.188 e. The van der Waals surface area contributed by atoms with Crippen molar-refractivity contribution in [2.75, 3.05) is 20.4 Å². The van der Waals surface area contributed by atoms with E-state index in [1.165, 1.54) is 27.6 Å². The third kappa shape index (κ3) is 5.84. The molecule has 0 radical (unpaired) electrons. The molecule has 0 amide bonds. The molecule has 0 aliphatic heterocycles. The minimum Gasteiger partial charge on any atom is -0.467 e. The van der Waals surface area contributed by atoms with Crippen LogP contribution in [0.1, 0.15) is 75.6 Å². The Bertz CT molecular complexity index is 808. The van der Waals surface area contributed by atoms with Gasteiger partial charge in [0.1, 0.15) is 5.75 Å². The fourth-order valence-corrected chi connectivity index (χ4v) is 5.49. The monoisotopic (exact) mass is 429 g/mol. The molecule has 3 unspecified atom stereocenters. The van der Waals surface area contributed by atoms with Crippen LogP contribution in [0, 0.1) is 6.92 Å². The van der Waals surface area contributed by atoms with Crippen molar-refractivity contribution < 1.29 is 9.47 Å². The van der Waals surface area contributed by atoms with Gasteiger partial charge in [-0.25, -0.2) is 0 Å². The van der Waals surface area contributed by atoms with Crippen LogP contribution in [0.3, 0.4) is 0 Å². The summed E-state index contributed by atoms with van der Waals surface area (Å²) in [4.78, 5) is 0. The van der Waals surface area contributed by atoms with Gasteiger partial charge in [-0.2, -0.15) is 0 Å². The fraction of sp³-hybridized carbons (Fsp3) is 0.538. The predicted molar refractivity (Wildman–Crippen MR) is 132 cm³/mol. The largest absolute Gasteiger partial charge is 0.467 e. The molecule has 166 valence electrons. The molecule has 2 aromatic rings. The molecular weight excluding hydrogens is 389 g/mol. The maximum Gasteiger partial charge on any atom is 0.188 e. The van der Waals surface area contributed by atoms with Crippen molar-refractivity contribution in [3.8, 4) is 5.75 Å². The maximum atomic E-state index is 6.22. The number of aryl methyl sites for hydroxylation is 1. The third-order valence-electron chi connectivity index (χ3n) is 6.14. The molecule has 3 atom stereocenters. The van der Waals surface area contributed by atoms with Gasteiger partial charge in [0, 0.05) is 24.4 Å². The average Bonchev–Trinajstić information content (AvgIpc) is 2.77. The molecule has 2 aromatic carbocycles. The summed E-state index contributed by atoms with van der Waals surface area (Å²) in [7, 11) is 2.35. The highest BCUT2D eigenvalue weighted by Crippen LogP contribution is 2.50. The van der Waals surface area contributed by atoms with Crippen molar-refractivity contribution in [1.29, 1.82) is 0 Å². The first-order valence-corrected chi connectivity index (χ1v) is 12.2. The third-order valence-corrected chi connectivity index (χ3v) is 8.28. The summed E-state index contributed by atoms with van der Waals surface area (Å²) < 4.78 is 11.5. The van der Waals surface area contributed by atoms with Crippen molar-refractivity contribution in [3.63, 3.8) is 0 Å². The highest BCUT2D eigenvalue weighted by Gasteiger charge is 2.31. The molecule has 2 rings (SSSR count). The van der Waals surface area contributed by atoms with Gasteiger partial charge in [0.15, 0.2) is 6.79 Å². The molecule has 3 nitrogen and oxygen atoms in total.